The molecule has 3 nitrogen and oxygen atoms in total. The highest BCUT2D eigenvalue weighted by molar-refractivity contribution is 7.80. The minimum absolute atomic E-state index is 0.322. The third-order valence-electron chi connectivity index (χ3n) is 13.1. The normalized spacial score (nSPS) is 13.4. The number of aromatic hydroxyl groups is 1. The summed E-state index contributed by atoms with van der Waals surface area (Å²) in [6.07, 6.45) is 25.3. The largest absolute Gasteiger partial charge is 0.508 e. The maximum Gasteiger partial charge on any atom is 0.178 e. The van der Waals surface area contributed by atoms with Gasteiger partial charge in [0.15, 0.2) is 7.14 Å². The molecule has 0 aliphatic heterocycles. The summed E-state index contributed by atoms with van der Waals surface area (Å²) >= 11 is 0. The Morgan fingerprint density at radius 1 is 0.681 bits per heavy atom. The zero-order valence-corrected chi connectivity index (χ0v) is 43.3. The topological polar surface area (TPSA) is 42.2 Å². The van der Waals surface area contributed by atoms with Crippen molar-refractivity contribution in [3.05, 3.63) is 274 Å². The Morgan fingerprint density at radius 3 is 1.76 bits per heavy atom. The lowest BCUT2D eigenvalue weighted by molar-refractivity contribution is 0.475. The second kappa shape index (κ2) is 24.2. The highest BCUT2D eigenvalue weighted by Gasteiger charge is 2.40. The molecule has 1 N–H and O–H groups in total. The number of aromatic nitrogens is 1. The fraction of sp³-hybridized carbons (Fsp3) is 0.147. The third-order valence-corrected chi connectivity index (χ3v) is 16.1. The van der Waals surface area contributed by atoms with Crippen molar-refractivity contribution >= 4 is 29.4 Å². The van der Waals surface area contributed by atoms with Crippen molar-refractivity contribution in [1.82, 2.24) is 4.57 Å². The number of phenolic OH excluding ortho intramolecular Hbond substituents is 1. The molecule has 9 rings (SSSR count). The van der Waals surface area contributed by atoms with Gasteiger partial charge in [0.2, 0.25) is 0 Å². The highest BCUT2D eigenvalue weighted by Crippen LogP contribution is 2.61. The van der Waals surface area contributed by atoms with Gasteiger partial charge in [-0.1, -0.05) is 219 Å². The third kappa shape index (κ3) is 10.6. The molecule has 1 unspecified atom stereocenters. The summed E-state index contributed by atoms with van der Waals surface area (Å²) in [5.41, 5.74) is 13.1. The quantitative estimate of drug-likeness (QED) is 0.0541. The van der Waals surface area contributed by atoms with E-state index in [4.69, 9.17) is 5.11 Å². The SMILES string of the molecule is C#C.C/C=C\C(=C/CC)P(=O)(C1=Cc2c(n(-c3ccc(-c4ccccc4)cc3)c3ccc(C(C(/C=C\CC)=C/C)(c4ccc(C)cc4)c4ccc(C)cc4)cc23)CC#C1)c1ccccc1.Oc1ccccc1. The van der Waals surface area contributed by atoms with E-state index < -0.39 is 12.6 Å². The van der Waals surface area contributed by atoms with Crippen LogP contribution in [0.1, 0.15) is 79.6 Å². The molecule has 0 bridgehead atoms. The molecular weight excluding hydrogens is 894 g/mol. The average molecular weight is 958 g/mol. The van der Waals surface area contributed by atoms with Gasteiger partial charge in [0.05, 0.1) is 22.7 Å². The molecule has 7 aromatic carbocycles. The summed E-state index contributed by atoms with van der Waals surface area (Å²) in [5.74, 6) is 7.40. The summed E-state index contributed by atoms with van der Waals surface area (Å²) in [6, 6.07) is 63.2. The van der Waals surface area contributed by atoms with Crippen LogP contribution in [0.15, 0.2) is 235 Å². The molecule has 0 amide bonds. The fourth-order valence-corrected chi connectivity index (χ4v) is 12.5. The number of fused-ring (bicyclic) bond motifs is 3. The first-order valence-electron chi connectivity index (χ1n) is 24.8. The predicted molar refractivity (Wildman–Crippen MR) is 308 cm³/mol. The first-order chi connectivity index (χ1) is 35.2. The van der Waals surface area contributed by atoms with Gasteiger partial charge in [0, 0.05) is 32.9 Å². The van der Waals surface area contributed by atoms with Crippen molar-refractivity contribution in [2.75, 3.05) is 0 Å². The zero-order valence-electron chi connectivity index (χ0n) is 42.4. The molecule has 4 heteroatoms. The number of hydrogen-bond donors (Lipinski definition) is 1. The van der Waals surface area contributed by atoms with Crippen molar-refractivity contribution < 1.29 is 9.67 Å². The van der Waals surface area contributed by atoms with Crippen LogP contribution in [0, 0.1) is 38.5 Å². The van der Waals surface area contributed by atoms with Crippen LogP contribution in [-0.2, 0) is 16.4 Å². The number of rotatable bonds is 13. The standard InChI is InChI=1S/C60H56NOP.C6H6O.C2H2/c1-7-11-23-48(10-4)60(49-34-28-44(5)29-35-49,50-36-30-45(6)31-37-50)51-38-41-59-56(42-51)57-43-55(63(62,53(19-8-2)20-9-3)54-24-16-13-17-25-54)26-18-27-58(57)61(59)52-39-32-47(33-40-52)46-21-14-12-15-22-46;7-6-4-2-1-3-5-6;1-2/h8,10-17,19-25,28-43H,7,9,27H2,1-6H3;1-5,7H;1-2H/b19-8-,23-11-,48-10+,53-20+;;. The Kier molecular flexibility index (Phi) is 17.4. The van der Waals surface area contributed by atoms with Crippen LogP contribution in [-0.4, -0.2) is 9.67 Å². The molecule has 0 fully saturated rings. The second-order valence-electron chi connectivity index (χ2n) is 17.7. The van der Waals surface area contributed by atoms with Gasteiger partial charge < -0.3 is 14.2 Å². The van der Waals surface area contributed by atoms with Gasteiger partial charge in [-0.25, -0.2) is 0 Å². The van der Waals surface area contributed by atoms with E-state index in [9.17, 15) is 0 Å². The molecule has 0 spiro atoms. The lowest BCUT2D eigenvalue weighted by atomic mass is 9.64. The lowest BCUT2D eigenvalue weighted by Crippen LogP contribution is -2.31. The van der Waals surface area contributed by atoms with Crippen molar-refractivity contribution in [2.45, 2.75) is 66.2 Å². The molecule has 0 saturated heterocycles. The maximum atomic E-state index is 16.2. The van der Waals surface area contributed by atoms with Gasteiger partial charge in [-0.05, 0) is 116 Å². The van der Waals surface area contributed by atoms with Crippen LogP contribution in [0.4, 0.5) is 0 Å². The molecule has 358 valence electrons. The molecule has 1 aliphatic rings. The van der Waals surface area contributed by atoms with E-state index in [0.29, 0.717) is 17.5 Å². The molecule has 1 aliphatic carbocycles. The van der Waals surface area contributed by atoms with E-state index in [1.165, 1.54) is 33.4 Å². The Hall–Kier alpha value is -8.07. The van der Waals surface area contributed by atoms with E-state index in [2.05, 4.69) is 216 Å². The summed E-state index contributed by atoms with van der Waals surface area (Å²) in [4.78, 5) is 0. The summed E-state index contributed by atoms with van der Waals surface area (Å²) in [7, 11) is -3.40. The van der Waals surface area contributed by atoms with E-state index in [-0.39, 0.29) is 0 Å². The minimum Gasteiger partial charge on any atom is -0.508 e. The summed E-state index contributed by atoms with van der Waals surface area (Å²) < 4.78 is 18.5. The molecule has 1 aromatic heterocycles. The van der Waals surface area contributed by atoms with Crippen molar-refractivity contribution in [3.63, 3.8) is 0 Å². The summed E-state index contributed by atoms with van der Waals surface area (Å²) in [6.45, 7) is 12.7. The number of phenols is 1. The molecule has 1 heterocycles. The first-order valence-corrected chi connectivity index (χ1v) is 26.5. The van der Waals surface area contributed by atoms with Gasteiger partial charge in [0.25, 0.3) is 0 Å². The average Bonchev–Trinajstić information content (AvgIpc) is 3.55. The second-order valence-corrected chi connectivity index (χ2v) is 20.4. The van der Waals surface area contributed by atoms with E-state index >= 15 is 4.57 Å². The first kappa shape index (κ1) is 51.8. The number of benzene rings is 7. The van der Waals surface area contributed by atoms with Gasteiger partial charge in [-0.15, -0.1) is 12.8 Å². The smallest absolute Gasteiger partial charge is 0.178 e. The van der Waals surface area contributed by atoms with Crippen LogP contribution >= 0.6 is 7.14 Å². The summed E-state index contributed by atoms with van der Waals surface area (Å²) in [5, 5.41) is 12.0. The van der Waals surface area contributed by atoms with E-state index in [1.54, 1.807) is 24.3 Å². The van der Waals surface area contributed by atoms with Gasteiger partial charge in [0.1, 0.15) is 5.75 Å². The highest BCUT2D eigenvalue weighted by atomic mass is 31.2. The van der Waals surface area contributed by atoms with Gasteiger partial charge in [-0.2, -0.15) is 0 Å². The molecule has 0 saturated carbocycles. The maximum absolute atomic E-state index is 16.2. The number of para-hydroxylation sites is 1. The Bertz CT molecular complexity index is 3340. The zero-order chi connectivity index (χ0) is 51.1. The van der Waals surface area contributed by atoms with Gasteiger partial charge in [-0.3, -0.25) is 0 Å². The molecule has 72 heavy (non-hydrogen) atoms. The monoisotopic (exact) mass is 957 g/mol. The molecular formula is C68H64NO2P. The van der Waals surface area contributed by atoms with Crippen LogP contribution in [0.2, 0.25) is 0 Å². The Labute approximate surface area is 428 Å². The van der Waals surface area contributed by atoms with Crippen molar-refractivity contribution in [3.8, 4) is 47.3 Å². The number of hydrogen-bond acceptors (Lipinski definition) is 2. The number of nitrogens with zero attached hydrogens (tertiary/aromatic N) is 1. The minimum atomic E-state index is -3.40. The van der Waals surface area contributed by atoms with Crippen LogP contribution < -0.4 is 5.30 Å². The van der Waals surface area contributed by atoms with Crippen molar-refractivity contribution in [1.29, 1.82) is 0 Å². The lowest BCUT2D eigenvalue weighted by Gasteiger charge is -2.38. The van der Waals surface area contributed by atoms with E-state index in [1.807, 2.05) is 55.5 Å². The van der Waals surface area contributed by atoms with Gasteiger partial charge >= 0.3 is 0 Å². The number of allylic oxidation sites excluding steroid dienone is 9. The van der Waals surface area contributed by atoms with E-state index in [0.717, 1.165) is 62.4 Å². The Morgan fingerprint density at radius 2 is 1.24 bits per heavy atom. The van der Waals surface area contributed by atoms with Crippen molar-refractivity contribution in [2.24, 2.45) is 0 Å². The molecule has 8 aromatic rings. The molecule has 1 atom stereocenters. The van der Waals surface area contributed by atoms with Crippen LogP contribution in [0.25, 0.3) is 33.8 Å². The molecule has 0 radical (unpaired) electrons. The fourth-order valence-electron chi connectivity index (χ4n) is 9.69. The number of terminal acetylenes is 1. The van der Waals surface area contributed by atoms with Crippen LogP contribution in [0.5, 0.6) is 5.75 Å². The number of aryl methyl sites for hydroxylation is 2. The Balaban J connectivity index is 0.000000770. The predicted octanol–water partition coefficient (Wildman–Crippen LogP) is 17.3. The van der Waals surface area contributed by atoms with Crippen LogP contribution in [0.3, 0.4) is 0 Å².